The van der Waals surface area contributed by atoms with Crippen molar-refractivity contribution in [2.75, 3.05) is 0 Å². The fourth-order valence-corrected chi connectivity index (χ4v) is 5.36. The van der Waals surface area contributed by atoms with E-state index in [0.29, 0.717) is 5.41 Å². The number of hydrogen-bond acceptors (Lipinski definition) is 0. The molecule has 0 heterocycles. The van der Waals surface area contributed by atoms with Gasteiger partial charge in [0.25, 0.3) is 0 Å². The van der Waals surface area contributed by atoms with Crippen molar-refractivity contribution in [3.05, 3.63) is 34.9 Å². The van der Waals surface area contributed by atoms with E-state index in [1.165, 1.54) is 109 Å². The first-order valence-electron chi connectivity index (χ1n) is 12.3. The molecule has 0 radical (unpaired) electrons. The number of benzene rings is 1. The van der Waals surface area contributed by atoms with Crippen molar-refractivity contribution in [1.29, 1.82) is 0 Å². The SMILES string of the molecule is CCCCCCCCCc1ccc(C2(CCCCC)CCCCC2)c(C)c1. The summed E-state index contributed by atoms with van der Waals surface area (Å²) in [5.74, 6) is 0. The first-order valence-corrected chi connectivity index (χ1v) is 12.3. The molecule has 2 rings (SSSR count). The standard InChI is InChI=1S/C27H46/c1-4-6-8-9-10-11-13-17-25-18-19-26(24(3)23-25)27(20-14-7-5-2)21-15-12-16-22-27/h18-19,23H,4-17,20-22H2,1-3H3. The van der Waals surface area contributed by atoms with E-state index >= 15 is 0 Å². The van der Waals surface area contributed by atoms with Crippen LogP contribution in [-0.4, -0.2) is 0 Å². The zero-order valence-corrected chi connectivity index (χ0v) is 18.8. The second-order valence-electron chi connectivity index (χ2n) is 9.32. The van der Waals surface area contributed by atoms with E-state index in [0.717, 1.165) is 0 Å². The molecule has 0 amide bonds. The second-order valence-corrected chi connectivity index (χ2v) is 9.32. The number of hydrogen-bond donors (Lipinski definition) is 0. The summed E-state index contributed by atoms with van der Waals surface area (Å²) < 4.78 is 0. The Labute approximate surface area is 170 Å². The largest absolute Gasteiger partial charge is 0.0654 e. The average molecular weight is 371 g/mol. The predicted molar refractivity (Wildman–Crippen MR) is 122 cm³/mol. The summed E-state index contributed by atoms with van der Waals surface area (Å²) in [6.07, 6.45) is 23.9. The Morgan fingerprint density at radius 2 is 1.37 bits per heavy atom. The number of rotatable bonds is 13. The third-order valence-corrected chi connectivity index (χ3v) is 7.00. The molecular formula is C27H46. The van der Waals surface area contributed by atoms with Crippen molar-refractivity contribution in [3.8, 4) is 0 Å². The molecule has 0 saturated heterocycles. The Balaban J connectivity index is 1.91. The van der Waals surface area contributed by atoms with Crippen molar-refractivity contribution in [2.45, 2.75) is 135 Å². The van der Waals surface area contributed by atoms with Crippen LogP contribution in [0.5, 0.6) is 0 Å². The topological polar surface area (TPSA) is 0 Å². The van der Waals surface area contributed by atoms with Crippen molar-refractivity contribution < 1.29 is 0 Å². The maximum Gasteiger partial charge on any atom is -0.00443 e. The van der Waals surface area contributed by atoms with Gasteiger partial charge in [-0.1, -0.05) is 109 Å². The molecule has 1 aromatic rings. The minimum atomic E-state index is 0.495. The van der Waals surface area contributed by atoms with Crippen LogP contribution in [-0.2, 0) is 11.8 Å². The van der Waals surface area contributed by atoms with Crippen LogP contribution in [0.4, 0.5) is 0 Å². The Kier molecular flexibility index (Phi) is 10.5. The van der Waals surface area contributed by atoms with Gasteiger partial charge in [0.1, 0.15) is 0 Å². The Hall–Kier alpha value is -0.780. The lowest BCUT2D eigenvalue weighted by atomic mass is 9.65. The van der Waals surface area contributed by atoms with Crippen molar-refractivity contribution in [1.82, 2.24) is 0 Å². The van der Waals surface area contributed by atoms with Gasteiger partial charge in [-0.15, -0.1) is 0 Å². The molecule has 1 aliphatic rings. The minimum absolute atomic E-state index is 0.495. The summed E-state index contributed by atoms with van der Waals surface area (Å²) in [6, 6.07) is 7.53. The van der Waals surface area contributed by atoms with Gasteiger partial charge in [0.2, 0.25) is 0 Å². The molecule has 0 unspecified atom stereocenters. The summed E-state index contributed by atoms with van der Waals surface area (Å²) >= 11 is 0. The molecular weight excluding hydrogens is 324 g/mol. The fourth-order valence-electron chi connectivity index (χ4n) is 5.36. The van der Waals surface area contributed by atoms with Crippen molar-refractivity contribution in [2.24, 2.45) is 0 Å². The second kappa shape index (κ2) is 12.6. The van der Waals surface area contributed by atoms with Crippen LogP contribution >= 0.6 is 0 Å². The van der Waals surface area contributed by atoms with E-state index in [1.54, 1.807) is 16.7 Å². The van der Waals surface area contributed by atoms with Crippen LogP contribution in [0.15, 0.2) is 18.2 Å². The molecule has 0 bridgehead atoms. The van der Waals surface area contributed by atoms with Gasteiger partial charge in [0, 0.05) is 0 Å². The highest BCUT2D eigenvalue weighted by Gasteiger charge is 2.34. The molecule has 154 valence electrons. The Bertz CT molecular complexity index is 507. The highest BCUT2D eigenvalue weighted by molar-refractivity contribution is 5.37. The minimum Gasteiger partial charge on any atom is -0.0654 e. The van der Waals surface area contributed by atoms with Gasteiger partial charge in [-0.2, -0.15) is 0 Å². The van der Waals surface area contributed by atoms with Gasteiger partial charge in [-0.25, -0.2) is 0 Å². The number of unbranched alkanes of at least 4 members (excludes halogenated alkanes) is 8. The molecule has 1 fully saturated rings. The number of aryl methyl sites for hydroxylation is 2. The summed E-state index contributed by atoms with van der Waals surface area (Å²) in [5, 5.41) is 0. The molecule has 0 spiro atoms. The first kappa shape index (κ1) is 22.5. The van der Waals surface area contributed by atoms with Gasteiger partial charge in [-0.3, -0.25) is 0 Å². The lowest BCUT2D eigenvalue weighted by Crippen LogP contribution is -2.30. The molecule has 0 aromatic heterocycles. The summed E-state index contributed by atoms with van der Waals surface area (Å²) in [4.78, 5) is 0. The quantitative estimate of drug-likeness (QED) is 0.304. The Morgan fingerprint density at radius 1 is 0.741 bits per heavy atom. The lowest BCUT2D eigenvalue weighted by molar-refractivity contribution is 0.265. The molecule has 0 atom stereocenters. The maximum atomic E-state index is 2.53. The third-order valence-electron chi connectivity index (χ3n) is 7.00. The summed E-state index contributed by atoms with van der Waals surface area (Å²) in [6.45, 7) is 7.02. The molecule has 1 aliphatic carbocycles. The molecule has 0 aliphatic heterocycles. The molecule has 0 heteroatoms. The van der Waals surface area contributed by atoms with Crippen LogP contribution < -0.4 is 0 Å². The molecule has 0 N–H and O–H groups in total. The molecule has 1 aromatic carbocycles. The highest BCUT2D eigenvalue weighted by atomic mass is 14.4. The molecule has 0 nitrogen and oxygen atoms in total. The van der Waals surface area contributed by atoms with E-state index in [-0.39, 0.29) is 0 Å². The normalized spacial score (nSPS) is 16.6. The van der Waals surface area contributed by atoms with E-state index in [2.05, 4.69) is 39.0 Å². The maximum absolute atomic E-state index is 2.53. The summed E-state index contributed by atoms with van der Waals surface area (Å²) in [7, 11) is 0. The van der Waals surface area contributed by atoms with Gasteiger partial charge in [-0.05, 0) is 61.1 Å². The monoisotopic (exact) mass is 370 g/mol. The smallest absolute Gasteiger partial charge is 0.00443 e. The van der Waals surface area contributed by atoms with Crippen LogP contribution in [0.3, 0.4) is 0 Å². The van der Waals surface area contributed by atoms with Gasteiger partial charge >= 0.3 is 0 Å². The predicted octanol–water partition coefficient (Wildman–Crippen LogP) is 9.07. The van der Waals surface area contributed by atoms with Crippen LogP contribution in [0.2, 0.25) is 0 Å². The van der Waals surface area contributed by atoms with E-state index in [1.807, 2.05) is 0 Å². The van der Waals surface area contributed by atoms with E-state index in [9.17, 15) is 0 Å². The first-order chi connectivity index (χ1) is 13.2. The van der Waals surface area contributed by atoms with E-state index in [4.69, 9.17) is 0 Å². The zero-order chi connectivity index (χ0) is 19.4. The van der Waals surface area contributed by atoms with E-state index < -0.39 is 0 Å². The Morgan fingerprint density at radius 3 is 2.04 bits per heavy atom. The lowest BCUT2D eigenvalue weighted by Gasteiger charge is -2.39. The van der Waals surface area contributed by atoms with Gasteiger partial charge < -0.3 is 0 Å². The van der Waals surface area contributed by atoms with Crippen LogP contribution in [0.1, 0.15) is 133 Å². The average Bonchev–Trinajstić information content (AvgIpc) is 2.68. The highest BCUT2D eigenvalue weighted by Crippen LogP contribution is 2.44. The van der Waals surface area contributed by atoms with Crippen LogP contribution in [0.25, 0.3) is 0 Å². The van der Waals surface area contributed by atoms with Crippen molar-refractivity contribution >= 4 is 0 Å². The molecule has 27 heavy (non-hydrogen) atoms. The summed E-state index contributed by atoms with van der Waals surface area (Å²) in [5.41, 5.74) is 5.34. The third kappa shape index (κ3) is 7.28. The molecule has 1 saturated carbocycles. The van der Waals surface area contributed by atoms with Crippen LogP contribution in [0, 0.1) is 6.92 Å². The van der Waals surface area contributed by atoms with Gasteiger partial charge in [0.15, 0.2) is 0 Å². The fraction of sp³-hybridized carbons (Fsp3) is 0.778. The van der Waals surface area contributed by atoms with Gasteiger partial charge in [0.05, 0.1) is 0 Å². The zero-order valence-electron chi connectivity index (χ0n) is 18.8. The van der Waals surface area contributed by atoms with Crippen molar-refractivity contribution in [3.63, 3.8) is 0 Å².